The van der Waals surface area contributed by atoms with Gasteiger partial charge in [0.25, 0.3) is 0 Å². The van der Waals surface area contributed by atoms with Crippen molar-refractivity contribution in [2.75, 3.05) is 7.05 Å². The standard InChI is InChI=1S/C16H25ClFN/c1-3-4-5-6-7-8-12-15(19-2)13-10-9-11-14(18)16(13)17/h9-11,15,19H,3-8,12H2,1-2H3. The molecule has 0 heterocycles. The summed E-state index contributed by atoms with van der Waals surface area (Å²) < 4.78 is 13.4. The Morgan fingerprint density at radius 2 is 1.84 bits per heavy atom. The Balaban J connectivity index is 2.43. The fourth-order valence-electron chi connectivity index (χ4n) is 2.37. The van der Waals surface area contributed by atoms with Crippen molar-refractivity contribution in [3.63, 3.8) is 0 Å². The first-order valence-corrected chi connectivity index (χ1v) is 7.69. The van der Waals surface area contributed by atoms with Crippen LogP contribution in [0, 0.1) is 5.82 Å². The molecule has 0 bridgehead atoms. The molecule has 0 saturated carbocycles. The van der Waals surface area contributed by atoms with Crippen molar-refractivity contribution in [2.45, 2.75) is 57.9 Å². The van der Waals surface area contributed by atoms with Gasteiger partial charge in [-0.15, -0.1) is 0 Å². The van der Waals surface area contributed by atoms with E-state index in [1.54, 1.807) is 6.07 Å². The van der Waals surface area contributed by atoms with E-state index in [1.807, 2.05) is 13.1 Å². The van der Waals surface area contributed by atoms with Gasteiger partial charge in [-0.3, -0.25) is 0 Å². The van der Waals surface area contributed by atoms with Crippen LogP contribution in [0.3, 0.4) is 0 Å². The monoisotopic (exact) mass is 285 g/mol. The molecule has 0 amide bonds. The van der Waals surface area contributed by atoms with Gasteiger partial charge in [0.1, 0.15) is 5.82 Å². The summed E-state index contributed by atoms with van der Waals surface area (Å²) in [5, 5.41) is 3.49. The van der Waals surface area contributed by atoms with Gasteiger partial charge in [-0.2, -0.15) is 0 Å². The SMILES string of the molecule is CCCCCCCCC(NC)c1cccc(F)c1Cl. The van der Waals surface area contributed by atoms with Gasteiger partial charge >= 0.3 is 0 Å². The molecule has 0 saturated heterocycles. The zero-order chi connectivity index (χ0) is 14.1. The molecule has 19 heavy (non-hydrogen) atoms. The predicted molar refractivity (Wildman–Crippen MR) is 81.2 cm³/mol. The Bertz CT molecular complexity index is 368. The Hall–Kier alpha value is -0.600. The highest BCUT2D eigenvalue weighted by atomic mass is 35.5. The fraction of sp³-hybridized carbons (Fsp3) is 0.625. The average Bonchev–Trinajstić information content (AvgIpc) is 2.42. The Labute approximate surface area is 121 Å². The number of unbranched alkanes of at least 4 members (excludes halogenated alkanes) is 5. The van der Waals surface area contributed by atoms with E-state index < -0.39 is 0 Å². The summed E-state index contributed by atoms with van der Waals surface area (Å²) in [5.41, 5.74) is 0.873. The molecule has 0 fully saturated rings. The number of benzene rings is 1. The van der Waals surface area contributed by atoms with Gasteiger partial charge < -0.3 is 5.32 Å². The minimum atomic E-state index is -0.331. The number of nitrogens with one attached hydrogen (secondary N) is 1. The van der Waals surface area contributed by atoms with Crippen LogP contribution in [0.4, 0.5) is 4.39 Å². The molecule has 0 aliphatic rings. The highest BCUT2D eigenvalue weighted by molar-refractivity contribution is 6.31. The van der Waals surface area contributed by atoms with Crippen LogP contribution < -0.4 is 5.32 Å². The molecule has 1 unspecified atom stereocenters. The van der Waals surface area contributed by atoms with Crippen molar-refractivity contribution in [2.24, 2.45) is 0 Å². The van der Waals surface area contributed by atoms with Crippen LogP contribution in [0.5, 0.6) is 0 Å². The Kier molecular flexibility index (Phi) is 8.08. The molecule has 108 valence electrons. The lowest BCUT2D eigenvalue weighted by molar-refractivity contribution is 0.495. The van der Waals surface area contributed by atoms with Crippen molar-refractivity contribution in [1.82, 2.24) is 5.32 Å². The van der Waals surface area contributed by atoms with E-state index in [0.717, 1.165) is 18.4 Å². The number of rotatable bonds is 9. The molecule has 3 heteroatoms. The summed E-state index contributed by atoms with van der Waals surface area (Å²) in [6.07, 6.45) is 8.62. The highest BCUT2D eigenvalue weighted by Gasteiger charge is 2.14. The van der Waals surface area contributed by atoms with Crippen molar-refractivity contribution >= 4 is 11.6 Å². The van der Waals surface area contributed by atoms with Crippen LogP contribution in [-0.2, 0) is 0 Å². The second-order valence-corrected chi connectivity index (χ2v) is 5.42. The largest absolute Gasteiger partial charge is 0.313 e. The molecule has 0 aliphatic carbocycles. The van der Waals surface area contributed by atoms with Crippen LogP contribution >= 0.6 is 11.6 Å². The molecule has 1 N–H and O–H groups in total. The van der Waals surface area contributed by atoms with Gasteiger partial charge in [-0.25, -0.2) is 4.39 Å². The van der Waals surface area contributed by atoms with E-state index in [0.29, 0.717) is 0 Å². The molecule has 0 aliphatic heterocycles. The summed E-state index contributed by atoms with van der Waals surface area (Å²) in [6.45, 7) is 2.23. The lowest BCUT2D eigenvalue weighted by Crippen LogP contribution is -2.17. The normalized spacial score (nSPS) is 12.6. The third kappa shape index (κ3) is 5.50. The zero-order valence-electron chi connectivity index (χ0n) is 12.0. The minimum absolute atomic E-state index is 0.148. The third-order valence-corrected chi connectivity index (χ3v) is 3.95. The summed E-state index contributed by atoms with van der Waals surface area (Å²) in [5.74, 6) is -0.331. The Morgan fingerprint density at radius 1 is 1.16 bits per heavy atom. The Morgan fingerprint density at radius 3 is 2.53 bits per heavy atom. The van der Waals surface area contributed by atoms with Crippen molar-refractivity contribution < 1.29 is 4.39 Å². The first-order valence-electron chi connectivity index (χ1n) is 7.31. The molecule has 0 aromatic heterocycles. The molecule has 0 radical (unpaired) electrons. The van der Waals surface area contributed by atoms with Crippen LogP contribution in [0.2, 0.25) is 5.02 Å². The number of halogens is 2. The molecule has 1 nitrogen and oxygen atoms in total. The second-order valence-electron chi connectivity index (χ2n) is 5.04. The predicted octanol–water partition coefficient (Wildman–Crippen LogP) is 5.49. The topological polar surface area (TPSA) is 12.0 Å². The van der Waals surface area contributed by atoms with Gasteiger partial charge in [0.15, 0.2) is 0 Å². The van der Waals surface area contributed by atoms with E-state index >= 15 is 0 Å². The first-order chi connectivity index (χ1) is 9.20. The quantitative estimate of drug-likeness (QED) is 0.592. The fourth-order valence-corrected chi connectivity index (χ4v) is 2.63. The number of hydrogen-bond acceptors (Lipinski definition) is 1. The van der Waals surface area contributed by atoms with Gasteiger partial charge in [0.2, 0.25) is 0 Å². The van der Waals surface area contributed by atoms with Gasteiger partial charge in [0.05, 0.1) is 5.02 Å². The maximum absolute atomic E-state index is 13.4. The summed E-state index contributed by atoms with van der Waals surface area (Å²) in [6, 6.07) is 5.18. The molecule has 1 aromatic carbocycles. The van der Waals surface area contributed by atoms with Gasteiger partial charge in [-0.1, -0.05) is 69.2 Å². The van der Waals surface area contributed by atoms with Crippen molar-refractivity contribution in [3.05, 3.63) is 34.6 Å². The van der Waals surface area contributed by atoms with E-state index in [-0.39, 0.29) is 16.9 Å². The zero-order valence-corrected chi connectivity index (χ0v) is 12.8. The first kappa shape index (κ1) is 16.5. The summed E-state index contributed by atoms with van der Waals surface area (Å²) in [4.78, 5) is 0. The van der Waals surface area contributed by atoms with E-state index in [9.17, 15) is 4.39 Å². The maximum atomic E-state index is 13.4. The van der Waals surface area contributed by atoms with Crippen LogP contribution in [-0.4, -0.2) is 7.05 Å². The molecular formula is C16H25ClFN. The highest BCUT2D eigenvalue weighted by Crippen LogP contribution is 2.28. The van der Waals surface area contributed by atoms with Crippen molar-refractivity contribution in [1.29, 1.82) is 0 Å². The van der Waals surface area contributed by atoms with Gasteiger partial charge in [0, 0.05) is 6.04 Å². The molecule has 1 rings (SSSR count). The number of hydrogen-bond donors (Lipinski definition) is 1. The summed E-state index contributed by atoms with van der Waals surface area (Å²) >= 11 is 6.03. The average molecular weight is 286 g/mol. The van der Waals surface area contributed by atoms with Gasteiger partial charge in [-0.05, 0) is 25.1 Å². The molecular weight excluding hydrogens is 261 g/mol. The minimum Gasteiger partial charge on any atom is -0.313 e. The van der Waals surface area contributed by atoms with Crippen LogP contribution in [0.1, 0.15) is 63.5 Å². The van der Waals surface area contributed by atoms with E-state index in [2.05, 4.69) is 12.2 Å². The molecule has 1 aromatic rings. The third-order valence-electron chi connectivity index (χ3n) is 3.55. The lowest BCUT2D eigenvalue weighted by atomic mass is 9.99. The van der Waals surface area contributed by atoms with Crippen LogP contribution in [0.15, 0.2) is 18.2 Å². The van der Waals surface area contributed by atoms with Crippen LogP contribution in [0.25, 0.3) is 0 Å². The van der Waals surface area contributed by atoms with Crippen molar-refractivity contribution in [3.8, 4) is 0 Å². The molecule has 0 spiro atoms. The maximum Gasteiger partial charge on any atom is 0.142 e. The smallest absolute Gasteiger partial charge is 0.142 e. The van der Waals surface area contributed by atoms with E-state index in [1.165, 1.54) is 38.2 Å². The lowest BCUT2D eigenvalue weighted by Gasteiger charge is -2.18. The van der Waals surface area contributed by atoms with E-state index in [4.69, 9.17) is 11.6 Å². The second kappa shape index (κ2) is 9.33. The summed E-state index contributed by atoms with van der Waals surface area (Å²) in [7, 11) is 1.91. The molecule has 1 atom stereocenters.